The van der Waals surface area contributed by atoms with Gasteiger partial charge in [0.25, 0.3) is 0 Å². The number of nitrogens with zero attached hydrogens (tertiary/aromatic N) is 2. The first-order valence-corrected chi connectivity index (χ1v) is 7.88. The van der Waals surface area contributed by atoms with E-state index < -0.39 is 9.73 Å². The van der Waals surface area contributed by atoms with Gasteiger partial charge in [-0.05, 0) is 17.7 Å². The molecule has 0 aliphatic rings. The van der Waals surface area contributed by atoms with E-state index in [0.29, 0.717) is 23.1 Å². The summed E-state index contributed by atoms with van der Waals surface area (Å²) in [4.78, 5) is 8.71. The highest BCUT2D eigenvalue weighted by Crippen LogP contribution is 2.14. The molecule has 1 unspecified atom stereocenters. The first-order chi connectivity index (χ1) is 9.49. The summed E-state index contributed by atoms with van der Waals surface area (Å²) >= 11 is 0. The number of nitrogens with one attached hydrogen (secondary N) is 2. The lowest BCUT2D eigenvalue weighted by atomic mass is 10.2. The third-order valence-electron chi connectivity index (χ3n) is 2.64. The molecule has 0 radical (unpaired) electrons. The molecule has 6 nitrogen and oxygen atoms in total. The van der Waals surface area contributed by atoms with Gasteiger partial charge in [0.2, 0.25) is 5.88 Å². The van der Waals surface area contributed by atoms with E-state index in [1.807, 2.05) is 6.07 Å². The number of aromatic nitrogens is 2. The molecule has 0 aliphatic carbocycles. The van der Waals surface area contributed by atoms with Crippen molar-refractivity contribution in [3.05, 3.63) is 42.2 Å². The predicted octanol–water partition coefficient (Wildman–Crippen LogP) is 2.13. The summed E-state index contributed by atoms with van der Waals surface area (Å²) in [6.07, 6.45) is 4.53. The highest BCUT2D eigenvalue weighted by Gasteiger charge is 2.04. The SMILES string of the molecule is COc1cncc(NCc2cccc(S(C)(=N)=O)c2)n1. The molecule has 1 aromatic carbocycles. The Hall–Kier alpha value is -2.15. The van der Waals surface area contributed by atoms with Gasteiger partial charge in [-0.25, -0.2) is 8.99 Å². The fourth-order valence-electron chi connectivity index (χ4n) is 1.62. The summed E-state index contributed by atoms with van der Waals surface area (Å²) in [6.45, 7) is 0.505. The second kappa shape index (κ2) is 5.87. The summed E-state index contributed by atoms with van der Waals surface area (Å²) in [5, 5.41) is 3.11. The molecule has 2 N–H and O–H groups in total. The third kappa shape index (κ3) is 3.67. The van der Waals surface area contributed by atoms with Gasteiger partial charge < -0.3 is 10.1 Å². The zero-order valence-electron chi connectivity index (χ0n) is 11.3. The fourth-order valence-corrected chi connectivity index (χ4v) is 2.34. The summed E-state index contributed by atoms with van der Waals surface area (Å²) in [5.41, 5.74) is 0.925. The van der Waals surface area contributed by atoms with E-state index in [0.717, 1.165) is 5.56 Å². The van der Waals surface area contributed by atoms with E-state index in [-0.39, 0.29) is 0 Å². The zero-order chi connectivity index (χ0) is 14.6. The second-order valence-electron chi connectivity index (χ2n) is 4.29. The third-order valence-corrected chi connectivity index (χ3v) is 3.80. The average Bonchev–Trinajstić information content (AvgIpc) is 2.45. The van der Waals surface area contributed by atoms with E-state index in [4.69, 9.17) is 9.52 Å². The molecule has 1 aromatic heterocycles. The van der Waals surface area contributed by atoms with E-state index in [1.165, 1.54) is 19.6 Å². The molecule has 0 spiro atoms. The van der Waals surface area contributed by atoms with Crippen LogP contribution >= 0.6 is 0 Å². The van der Waals surface area contributed by atoms with Crippen molar-refractivity contribution < 1.29 is 8.95 Å². The molecule has 0 amide bonds. The van der Waals surface area contributed by atoms with E-state index in [2.05, 4.69) is 15.3 Å². The summed E-state index contributed by atoms with van der Waals surface area (Å²) in [6, 6.07) is 7.15. The Kier molecular flexibility index (Phi) is 4.19. The summed E-state index contributed by atoms with van der Waals surface area (Å²) < 4.78 is 24.3. The fraction of sp³-hybridized carbons (Fsp3) is 0.231. The van der Waals surface area contributed by atoms with Gasteiger partial charge in [0.05, 0.1) is 29.2 Å². The molecule has 2 rings (SSSR count). The van der Waals surface area contributed by atoms with Crippen LogP contribution in [0.5, 0.6) is 5.88 Å². The van der Waals surface area contributed by atoms with Gasteiger partial charge in [0, 0.05) is 17.7 Å². The van der Waals surface area contributed by atoms with Crippen LogP contribution < -0.4 is 10.1 Å². The second-order valence-corrected chi connectivity index (χ2v) is 6.45. The van der Waals surface area contributed by atoms with Crippen LogP contribution in [0.15, 0.2) is 41.6 Å². The number of benzene rings is 1. The highest BCUT2D eigenvalue weighted by molar-refractivity contribution is 7.91. The molecule has 2 aromatic rings. The first-order valence-electron chi connectivity index (χ1n) is 5.91. The molecule has 7 heteroatoms. The number of rotatable bonds is 5. The Bertz CT molecular complexity index is 701. The lowest BCUT2D eigenvalue weighted by Crippen LogP contribution is -2.04. The number of ether oxygens (including phenoxy) is 1. The highest BCUT2D eigenvalue weighted by atomic mass is 32.2. The van der Waals surface area contributed by atoms with Crippen LogP contribution in [0.25, 0.3) is 0 Å². The molecule has 0 bridgehead atoms. The van der Waals surface area contributed by atoms with Crippen molar-refractivity contribution in [1.29, 1.82) is 4.78 Å². The van der Waals surface area contributed by atoms with Crippen molar-refractivity contribution in [1.82, 2.24) is 9.97 Å². The molecule has 1 atom stereocenters. The van der Waals surface area contributed by atoms with Gasteiger partial charge in [0.15, 0.2) is 0 Å². The predicted molar refractivity (Wildman–Crippen MR) is 77.4 cm³/mol. The van der Waals surface area contributed by atoms with Gasteiger partial charge in [-0.15, -0.1) is 0 Å². The molecule has 0 saturated carbocycles. The van der Waals surface area contributed by atoms with Crippen molar-refractivity contribution in [2.45, 2.75) is 11.4 Å². The van der Waals surface area contributed by atoms with Crippen LogP contribution in [0.3, 0.4) is 0 Å². The van der Waals surface area contributed by atoms with Crippen LogP contribution in [-0.4, -0.2) is 27.5 Å². The minimum absolute atomic E-state index is 0.437. The largest absolute Gasteiger partial charge is 0.480 e. The van der Waals surface area contributed by atoms with Crippen LogP contribution in [0.4, 0.5) is 5.82 Å². The van der Waals surface area contributed by atoms with Crippen LogP contribution in [-0.2, 0) is 16.3 Å². The maximum Gasteiger partial charge on any atom is 0.233 e. The first kappa shape index (κ1) is 14.3. The molecular formula is C13H16N4O2S. The van der Waals surface area contributed by atoms with Crippen LogP contribution in [0, 0.1) is 4.78 Å². The maximum absolute atomic E-state index is 11.7. The molecular weight excluding hydrogens is 276 g/mol. The molecule has 20 heavy (non-hydrogen) atoms. The van der Waals surface area contributed by atoms with Gasteiger partial charge in [-0.2, -0.15) is 4.98 Å². The molecule has 0 saturated heterocycles. The van der Waals surface area contributed by atoms with Crippen molar-refractivity contribution in [3.63, 3.8) is 0 Å². The van der Waals surface area contributed by atoms with Crippen molar-refractivity contribution in [3.8, 4) is 5.88 Å². The minimum atomic E-state index is -2.69. The maximum atomic E-state index is 11.7. The van der Waals surface area contributed by atoms with Gasteiger partial charge in [0.1, 0.15) is 5.82 Å². The zero-order valence-corrected chi connectivity index (χ0v) is 12.1. The number of methoxy groups -OCH3 is 1. The quantitative estimate of drug-likeness (QED) is 0.881. The monoisotopic (exact) mass is 292 g/mol. The van der Waals surface area contributed by atoms with Gasteiger partial charge >= 0.3 is 0 Å². The Morgan fingerprint density at radius 2 is 2.20 bits per heavy atom. The number of hydrogen-bond donors (Lipinski definition) is 2. The molecule has 0 fully saturated rings. The lowest BCUT2D eigenvalue weighted by molar-refractivity contribution is 0.396. The average molecular weight is 292 g/mol. The number of hydrogen-bond acceptors (Lipinski definition) is 6. The Morgan fingerprint density at radius 1 is 1.40 bits per heavy atom. The van der Waals surface area contributed by atoms with Crippen molar-refractivity contribution >= 4 is 15.5 Å². The normalized spacial score (nSPS) is 13.5. The molecule has 106 valence electrons. The molecule has 1 heterocycles. The lowest BCUT2D eigenvalue weighted by Gasteiger charge is -2.08. The Labute approximate surface area is 118 Å². The number of anilines is 1. The minimum Gasteiger partial charge on any atom is -0.480 e. The summed E-state index contributed by atoms with van der Waals surface area (Å²) in [5.74, 6) is 1.03. The van der Waals surface area contributed by atoms with E-state index in [1.54, 1.807) is 24.4 Å². The van der Waals surface area contributed by atoms with Crippen LogP contribution in [0.1, 0.15) is 5.56 Å². The topological polar surface area (TPSA) is 88.0 Å². The Balaban J connectivity index is 2.11. The standard InChI is InChI=1S/C13H16N4O2S/c1-19-13-9-15-8-12(17-13)16-7-10-4-3-5-11(6-10)20(2,14)18/h3-6,8-9,14H,7H2,1-2H3,(H,16,17). The van der Waals surface area contributed by atoms with E-state index >= 15 is 0 Å². The summed E-state index contributed by atoms with van der Waals surface area (Å²) in [7, 11) is -1.16. The van der Waals surface area contributed by atoms with Crippen molar-refractivity contribution in [2.24, 2.45) is 0 Å². The van der Waals surface area contributed by atoms with Gasteiger partial charge in [-0.3, -0.25) is 4.98 Å². The smallest absolute Gasteiger partial charge is 0.233 e. The van der Waals surface area contributed by atoms with Gasteiger partial charge in [-0.1, -0.05) is 12.1 Å². The molecule has 0 aliphatic heterocycles. The van der Waals surface area contributed by atoms with Crippen LogP contribution in [0.2, 0.25) is 0 Å². The Morgan fingerprint density at radius 3 is 2.90 bits per heavy atom. The van der Waals surface area contributed by atoms with Crippen molar-refractivity contribution in [2.75, 3.05) is 18.7 Å². The van der Waals surface area contributed by atoms with E-state index in [9.17, 15) is 4.21 Å².